The lowest BCUT2D eigenvalue weighted by Crippen LogP contribution is -2.30. The van der Waals surface area contributed by atoms with Crippen molar-refractivity contribution in [1.82, 2.24) is 0 Å². The Morgan fingerprint density at radius 2 is 2.00 bits per heavy atom. The fourth-order valence-electron chi connectivity index (χ4n) is 1.47. The molecule has 0 spiro atoms. The first-order chi connectivity index (χ1) is 10.0. The van der Waals surface area contributed by atoms with Gasteiger partial charge in [-0.15, -0.1) is 0 Å². The molecule has 1 aromatic rings. The molecule has 0 heterocycles. The minimum atomic E-state index is -1.13. The van der Waals surface area contributed by atoms with E-state index in [-0.39, 0.29) is 19.4 Å². The van der Waals surface area contributed by atoms with Gasteiger partial charge in [-0.1, -0.05) is 24.8 Å². The Hall–Kier alpha value is -2.34. The van der Waals surface area contributed by atoms with Gasteiger partial charge in [0.25, 0.3) is 0 Å². The standard InChI is InChI=1S/C15H19NO5/c1-2-9-20-12-5-3-11(4-6-12)10-21-14(17)8-7-13(16)15(18)19/h2-6,13H,1,7-10,16H2,(H,18,19)/t13-/m0/s1. The van der Waals surface area contributed by atoms with Gasteiger partial charge in [-0.2, -0.15) is 0 Å². The molecule has 0 amide bonds. The molecule has 0 unspecified atom stereocenters. The van der Waals surface area contributed by atoms with Crippen LogP contribution in [0.2, 0.25) is 0 Å². The van der Waals surface area contributed by atoms with Crippen LogP contribution in [0.15, 0.2) is 36.9 Å². The van der Waals surface area contributed by atoms with Gasteiger partial charge in [0.05, 0.1) is 0 Å². The molecule has 1 aromatic carbocycles. The summed E-state index contributed by atoms with van der Waals surface area (Å²) in [6, 6.07) is 6.07. The van der Waals surface area contributed by atoms with Gasteiger partial charge in [0.1, 0.15) is 25.0 Å². The number of hydrogen-bond donors (Lipinski definition) is 2. The van der Waals surface area contributed by atoms with E-state index in [2.05, 4.69) is 6.58 Å². The molecule has 0 aliphatic heterocycles. The molecular weight excluding hydrogens is 274 g/mol. The fraction of sp³-hybridized carbons (Fsp3) is 0.333. The van der Waals surface area contributed by atoms with Crippen LogP contribution in [0.25, 0.3) is 0 Å². The van der Waals surface area contributed by atoms with Gasteiger partial charge in [0.15, 0.2) is 0 Å². The number of carboxylic acid groups (broad SMARTS) is 1. The highest BCUT2D eigenvalue weighted by molar-refractivity contribution is 5.75. The molecule has 6 nitrogen and oxygen atoms in total. The van der Waals surface area contributed by atoms with Crippen molar-refractivity contribution in [3.63, 3.8) is 0 Å². The fourth-order valence-corrected chi connectivity index (χ4v) is 1.47. The molecule has 0 saturated carbocycles. The zero-order valence-corrected chi connectivity index (χ0v) is 11.7. The molecule has 1 rings (SSSR count). The van der Waals surface area contributed by atoms with Crippen LogP contribution in [0.5, 0.6) is 5.75 Å². The van der Waals surface area contributed by atoms with Crippen molar-refractivity contribution in [2.45, 2.75) is 25.5 Å². The molecule has 1 atom stereocenters. The van der Waals surface area contributed by atoms with Crippen molar-refractivity contribution in [3.8, 4) is 5.75 Å². The van der Waals surface area contributed by atoms with Gasteiger partial charge in [0.2, 0.25) is 0 Å². The molecule has 0 aliphatic carbocycles. The Kier molecular flexibility index (Phi) is 6.97. The minimum Gasteiger partial charge on any atom is -0.490 e. The summed E-state index contributed by atoms with van der Waals surface area (Å²) in [5.74, 6) is -0.894. The first-order valence-electron chi connectivity index (χ1n) is 6.49. The summed E-state index contributed by atoms with van der Waals surface area (Å²) in [6.45, 7) is 4.11. The second-order valence-electron chi connectivity index (χ2n) is 4.39. The molecular formula is C15H19NO5. The Morgan fingerprint density at radius 1 is 1.33 bits per heavy atom. The first kappa shape index (κ1) is 16.7. The number of esters is 1. The van der Waals surface area contributed by atoms with Crippen LogP contribution in [-0.4, -0.2) is 29.7 Å². The number of aliphatic carboxylic acids is 1. The third kappa shape index (κ3) is 6.58. The number of nitrogens with two attached hydrogens (primary N) is 1. The van der Waals surface area contributed by atoms with Crippen molar-refractivity contribution in [1.29, 1.82) is 0 Å². The lowest BCUT2D eigenvalue weighted by molar-refractivity contribution is -0.145. The van der Waals surface area contributed by atoms with E-state index in [1.807, 2.05) is 0 Å². The maximum atomic E-state index is 11.4. The minimum absolute atomic E-state index is 0.0198. The summed E-state index contributed by atoms with van der Waals surface area (Å²) < 4.78 is 10.4. The maximum absolute atomic E-state index is 11.4. The Balaban J connectivity index is 2.32. The summed E-state index contributed by atoms with van der Waals surface area (Å²) in [5, 5.41) is 8.60. The molecule has 0 bridgehead atoms. The van der Waals surface area contributed by atoms with Crippen LogP contribution in [0.3, 0.4) is 0 Å². The predicted octanol–water partition coefficient (Wildman–Crippen LogP) is 1.49. The van der Waals surface area contributed by atoms with Gasteiger partial charge >= 0.3 is 11.9 Å². The number of hydrogen-bond acceptors (Lipinski definition) is 5. The molecule has 6 heteroatoms. The zero-order chi connectivity index (χ0) is 15.7. The molecule has 0 radical (unpaired) electrons. The lowest BCUT2D eigenvalue weighted by atomic mass is 10.2. The van der Waals surface area contributed by atoms with E-state index < -0.39 is 18.0 Å². The number of benzene rings is 1. The third-order valence-electron chi connectivity index (χ3n) is 2.67. The summed E-state index contributed by atoms with van der Waals surface area (Å²) in [5.41, 5.74) is 6.12. The molecule has 0 saturated heterocycles. The smallest absolute Gasteiger partial charge is 0.320 e. The Bertz CT molecular complexity index is 483. The van der Waals surface area contributed by atoms with Gasteiger partial charge in [0, 0.05) is 6.42 Å². The SMILES string of the molecule is C=CCOc1ccc(COC(=O)CC[C@H](N)C(=O)O)cc1. The summed E-state index contributed by atoms with van der Waals surface area (Å²) in [6.07, 6.45) is 1.69. The van der Waals surface area contributed by atoms with Crippen LogP contribution in [0, 0.1) is 0 Å². The van der Waals surface area contributed by atoms with Crippen LogP contribution in [0.4, 0.5) is 0 Å². The third-order valence-corrected chi connectivity index (χ3v) is 2.67. The molecule has 3 N–H and O–H groups in total. The Morgan fingerprint density at radius 3 is 2.57 bits per heavy atom. The zero-order valence-electron chi connectivity index (χ0n) is 11.7. The van der Waals surface area contributed by atoms with E-state index in [9.17, 15) is 9.59 Å². The average Bonchev–Trinajstić information content (AvgIpc) is 2.49. The second kappa shape index (κ2) is 8.76. The topological polar surface area (TPSA) is 98.9 Å². The molecule has 0 aromatic heterocycles. The van der Waals surface area contributed by atoms with Crippen LogP contribution in [0.1, 0.15) is 18.4 Å². The number of carbonyl (C=O) groups is 2. The van der Waals surface area contributed by atoms with Crippen LogP contribution < -0.4 is 10.5 Å². The molecule has 21 heavy (non-hydrogen) atoms. The monoisotopic (exact) mass is 293 g/mol. The Labute approximate surface area is 123 Å². The van der Waals surface area contributed by atoms with Crippen molar-refractivity contribution in [3.05, 3.63) is 42.5 Å². The molecule has 0 fully saturated rings. The summed E-state index contributed by atoms with van der Waals surface area (Å²) in [4.78, 5) is 21.9. The van der Waals surface area contributed by atoms with Crippen molar-refractivity contribution < 1.29 is 24.2 Å². The van der Waals surface area contributed by atoms with E-state index in [0.717, 1.165) is 5.56 Å². The van der Waals surface area contributed by atoms with E-state index in [0.29, 0.717) is 12.4 Å². The van der Waals surface area contributed by atoms with E-state index in [1.54, 1.807) is 30.3 Å². The number of rotatable bonds is 9. The molecule has 114 valence electrons. The quantitative estimate of drug-likeness (QED) is 0.528. The van der Waals surface area contributed by atoms with E-state index >= 15 is 0 Å². The number of carbonyl (C=O) groups excluding carboxylic acids is 1. The number of ether oxygens (including phenoxy) is 2. The largest absolute Gasteiger partial charge is 0.490 e. The van der Waals surface area contributed by atoms with E-state index in [1.165, 1.54) is 0 Å². The van der Waals surface area contributed by atoms with Gasteiger partial charge in [-0.3, -0.25) is 9.59 Å². The van der Waals surface area contributed by atoms with Gasteiger partial charge in [-0.05, 0) is 24.1 Å². The first-order valence-corrected chi connectivity index (χ1v) is 6.49. The van der Waals surface area contributed by atoms with Crippen LogP contribution >= 0.6 is 0 Å². The summed E-state index contributed by atoms with van der Waals surface area (Å²) in [7, 11) is 0. The maximum Gasteiger partial charge on any atom is 0.320 e. The van der Waals surface area contributed by atoms with Crippen molar-refractivity contribution >= 4 is 11.9 Å². The predicted molar refractivity (Wildman–Crippen MR) is 76.8 cm³/mol. The highest BCUT2D eigenvalue weighted by Gasteiger charge is 2.14. The van der Waals surface area contributed by atoms with E-state index in [4.69, 9.17) is 20.3 Å². The lowest BCUT2D eigenvalue weighted by Gasteiger charge is -2.08. The number of carboxylic acids is 1. The molecule has 0 aliphatic rings. The van der Waals surface area contributed by atoms with Gasteiger partial charge in [-0.25, -0.2) is 0 Å². The van der Waals surface area contributed by atoms with Crippen molar-refractivity contribution in [2.24, 2.45) is 5.73 Å². The normalized spacial score (nSPS) is 11.5. The second-order valence-corrected chi connectivity index (χ2v) is 4.39. The van der Waals surface area contributed by atoms with Crippen LogP contribution in [-0.2, 0) is 20.9 Å². The highest BCUT2D eigenvalue weighted by atomic mass is 16.5. The highest BCUT2D eigenvalue weighted by Crippen LogP contribution is 2.13. The van der Waals surface area contributed by atoms with Gasteiger partial charge < -0.3 is 20.3 Å². The summed E-state index contributed by atoms with van der Waals surface area (Å²) >= 11 is 0. The average molecular weight is 293 g/mol. The van der Waals surface area contributed by atoms with Crippen molar-refractivity contribution in [2.75, 3.05) is 6.61 Å².